The molecule has 0 unspecified atom stereocenters. The van der Waals surface area contributed by atoms with Crippen molar-refractivity contribution in [2.24, 2.45) is 0 Å². The summed E-state index contributed by atoms with van der Waals surface area (Å²) in [6.07, 6.45) is 0. The number of halogens is 2. The normalized spacial score (nSPS) is 11.1. The van der Waals surface area contributed by atoms with Crippen LogP contribution in [0.2, 0.25) is 9.36 Å². The second-order valence-electron chi connectivity index (χ2n) is 4.17. The summed E-state index contributed by atoms with van der Waals surface area (Å²) in [5.74, 6) is 0.180. The Morgan fingerprint density at radius 3 is 2.74 bits per heavy atom. The van der Waals surface area contributed by atoms with Gasteiger partial charge >= 0.3 is 0 Å². The molecule has 2 aromatic heterocycles. The maximum atomic E-state index is 12.4. The Labute approximate surface area is 123 Å². The first-order chi connectivity index (χ1) is 9.06. The number of fused-ring (bicyclic) bond motifs is 1. The molecule has 0 spiro atoms. The van der Waals surface area contributed by atoms with Crippen LogP contribution in [0.1, 0.15) is 21.7 Å². The highest BCUT2D eigenvalue weighted by Crippen LogP contribution is 2.30. The first-order valence-electron chi connectivity index (χ1n) is 5.53. The number of benzene rings is 1. The minimum absolute atomic E-state index is 0.159. The van der Waals surface area contributed by atoms with E-state index in [1.807, 2.05) is 6.92 Å². The molecule has 0 aliphatic rings. The zero-order valence-electron chi connectivity index (χ0n) is 9.87. The van der Waals surface area contributed by atoms with Gasteiger partial charge in [-0.05, 0) is 31.2 Å². The van der Waals surface area contributed by atoms with Crippen molar-refractivity contribution in [3.05, 3.63) is 55.9 Å². The first kappa shape index (κ1) is 12.7. The van der Waals surface area contributed by atoms with Gasteiger partial charge in [-0.1, -0.05) is 23.2 Å². The fourth-order valence-electron chi connectivity index (χ4n) is 1.97. The van der Waals surface area contributed by atoms with Crippen LogP contribution in [-0.2, 0) is 0 Å². The molecule has 0 saturated heterocycles. The van der Waals surface area contributed by atoms with E-state index >= 15 is 0 Å². The summed E-state index contributed by atoms with van der Waals surface area (Å²) in [6, 6.07) is 6.95. The van der Waals surface area contributed by atoms with Gasteiger partial charge in [-0.25, -0.2) is 0 Å². The Morgan fingerprint density at radius 1 is 1.26 bits per heavy atom. The predicted molar refractivity (Wildman–Crippen MR) is 78.7 cm³/mol. The average molecular weight is 311 g/mol. The van der Waals surface area contributed by atoms with E-state index in [4.69, 9.17) is 27.6 Å². The summed E-state index contributed by atoms with van der Waals surface area (Å²) in [4.78, 5) is 12.4. The van der Waals surface area contributed by atoms with Crippen molar-refractivity contribution in [3.63, 3.8) is 0 Å². The van der Waals surface area contributed by atoms with Crippen molar-refractivity contribution in [2.75, 3.05) is 0 Å². The van der Waals surface area contributed by atoms with Crippen LogP contribution in [0.25, 0.3) is 11.0 Å². The maximum absolute atomic E-state index is 12.4. The summed E-state index contributed by atoms with van der Waals surface area (Å²) >= 11 is 13.1. The number of aryl methyl sites for hydroxylation is 1. The second kappa shape index (κ2) is 4.67. The molecule has 0 N–H and O–H groups in total. The summed E-state index contributed by atoms with van der Waals surface area (Å²) in [6.45, 7) is 1.85. The molecule has 3 rings (SSSR count). The molecular weight excluding hydrogens is 303 g/mol. The lowest BCUT2D eigenvalue weighted by Gasteiger charge is -1.94. The Morgan fingerprint density at radius 2 is 2.05 bits per heavy atom. The molecule has 19 heavy (non-hydrogen) atoms. The molecule has 1 aromatic carbocycles. The molecule has 0 aliphatic heterocycles. The second-order valence-corrected chi connectivity index (χ2v) is 6.14. The van der Waals surface area contributed by atoms with Gasteiger partial charge in [0.05, 0.1) is 4.34 Å². The van der Waals surface area contributed by atoms with Gasteiger partial charge in [0.15, 0.2) is 5.76 Å². The summed E-state index contributed by atoms with van der Waals surface area (Å²) < 4.78 is 6.22. The third-order valence-electron chi connectivity index (χ3n) is 2.93. The van der Waals surface area contributed by atoms with Gasteiger partial charge in [-0.15, -0.1) is 11.3 Å². The maximum Gasteiger partial charge on any atom is 0.229 e. The number of carbonyl (C=O) groups excluding carboxylic acids is 1. The molecule has 0 aliphatic carbocycles. The van der Waals surface area contributed by atoms with E-state index < -0.39 is 0 Å². The Bertz CT molecular complexity index is 786. The van der Waals surface area contributed by atoms with Crippen molar-refractivity contribution in [3.8, 4) is 0 Å². The number of thiophene rings is 1. The lowest BCUT2D eigenvalue weighted by Crippen LogP contribution is -1.99. The fourth-order valence-corrected chi connectivity index (χ4v) is 3.00. The monoisotopic (exact) mass is 310 g/mol. The minimum atomic E-state index is -0.159. The van der Waals surface area contributed by atoms with Gasteiger partial charge in [0.1, 0.15) is 5.58 Å². The Hall–Kier alpha value is -1.29. The van der Waals surface area contributed by atoms with Crippen LogP contribution >= 0.6 is 34.5 Å². The van der Waals surface area contributed by atoms with Gasteiger partial charge in [0.25, 0.3) is 0 Å². The Kier molecular flexibility index (Phi) is 3.13. The standard InChI is InChI=1S/C14H8Cl2O2S/c1-7-10-5-9(15)2-3-11(10)18-14(7)13(17)8-4-12(16)19-6-8/h2-6H,1H3. The van der Waals surface area contributed by atoms with Crippen LogP contribution in [0.15, 0.2) is 34.1 Å². The lowest BCUT2D eigenvalue weighted by molar-refractivity contribution is 0.101. The van der Waals surface area contributed by atoms with Crippen LogP contribution in [0.3, 0.4) is 0 Å². The molecule has 5 heteroatoms. The van der Waals surface area contributed by atoms with E-state index in [9.17, 15) is 4.79 Å². The highest BCUT2D eigenvalue weighted by atomic mass is 35.5. The van der Waals surface area contributed by atoms with Crippen LogP contribution < -0.4 is 0 Å². The van der Waals surface area contributed by atoms with E-state index in [0.717, 1.165) is 10.9 Å². The van der Waals surface area contributed by atoms with E-state index in [2.05, 4.69) is 0 Å². The molecular formula is C14H8Cl2O2S. The molecule has 0 bridgehead atoms. The molecule has 0 fully saturated rings. The van der Waals surface area contributed by atoms with Gasteiger partial charge in [-0.3, -0.25) is 4.79 Å². The van der Waals surface area contributed by atoms with E-state index in [1.165, 1.54) is 11.3 Å². The quantitative estimate of drug-likeness (QED) is 0.598. The number of rotatable bonds is 2. The SMILES string of the molecule is Cc1c(C(=O)c2csc(Cl)c2)oc2ccc(Cl)cc12. The molecule has 96 valence electrons. The van der Waals surface area contributed by atoms with Crippen molar-refractivity contribution >= 4 is 51.3 Å². The number of furan rings is 1. The number of ketones is 1. The molecule has 0 atom stereocenters. The van der Waals surface area contributed by atoms with E-state index in [0.29, 0.717) is 26.3 Å². The van der Waals surface area contributed by atoms with Crippen LogP contribution in [0.4, 0.5) is 0 Å². The Balaban J connectivity index is 2.15. The molecule has 2 heterocycles. The minimum Gasteiger partial charge on any atom is -0.452 e. The van der Waals surface area contributed by atoms with Crippen molar-refractivity contribution in [1.29, 1.82) is 0 Å². The molecule has 0 radical (unpaired) electrons. The van der Waals surface area contributed by atoms with E-state index in [1.54, 1.807) is 29.6 Å². The van der Waals surface area contributed by atoms with E-state index in [-0.39, 0.29) is 5.78 Å². The van der Waals surface area contributed by atoms with Crippen molar-refractivity contribution in [2.45, 2.75) is 6.92 Å². The number of hydrogen-bond acceptors (Lipinski definition) is 3. The van der Waals surface area contributed by atoms with Crippen LogP contribution in [0, 0.1) is 6.92 Å². The van der Waals surface area contributed by atoms with Crippen molar-refractivity contribution < 1.29 is 9.21 Å². The van der Waals surface area contributed by atoms with Gasteiger partial charge in [0.2, 0.25) is 5.78 Å². The molecule has 0 saturated carbocycles. The zero-order chi connectivity index (χ0) is 13.6. The number of hydrogen-bond donors (Lipinski definition) is 0. The largest absolute Gasteiger partial charge is 0.452 e. The third kappa shape index (κ3) is 2.18. The van der Waals surface area contributed by atoms with Crippen LogP contribution in [0.5, 0.6) is 0 Å². The summed E-state index contributed by atoms with van der Waals surface area (Å²) in [7, 11) is 0. The molecule has 3 aromatic rings. The summed E-state index contributed by atoms with van der Waals surface area (Å²) in [5.41, 5.74) is 2.00. The molecule has 2 nitrogen and oxygen atoms in total. The van der Waals surface area contributed by atoms with Gasteiger partial charge in [0, 0.05) is 26.9 Å². The molecule has 0 amide bonds. The lowest BCUT2D eigenvalue weighted by atomic mass is 10.1. The highest BCUT2D eigenvalue weighted by molar-refractivity contribution is 7.14. The zero-order valence-corrected chi connectivity index (χ0v) is 12.2. The average Bonchev–Trinajstić information content (AvgIpc) is 2.94. The van der Waals surface area contributed by atoms with Gasteiger partial charge in [-0.2, -0.15) is 0 Å². The topological polar surface area (TPSA) is 30.2 Å². The van der Waals surface area contributed by atoms with Crippen LogP contribution in [-0.4, -0.2) is 5.78 Å². The number of carbonyl (C=O) groups is 1. The highest BCUT2D eigenvalue weighted by Gasteiger charge is 2.20. The van der Waals surface area contributed by atoms with Gasteiger partial charge < -0.3 is 4.42 Å². The first-order valence-corrected chi connectivity index (χ1v) is 7.17. The fraction of sp³-hybridized carbons (Fsp3) is 0.0714. The smallest absolute Gasteiger partial charge is 0.229 e. The van der Waals surface area contributed by atoms with Crippen molar-refractivity contribution in [1.82, 2.24) is 0 Å². The predicted octanol–water partition coefficient (Wildman–Crippen LogP) is 5.34. The third-order valence-corrected chi connectivity index (χ3v) is 4.26. The summed E-state index contributed by atoms with van der Waals surface area (Å²) in [5, 5.41) is 3.20.